The number of rotatable bonds is 8. The van der Waals surface area contributed by atoms with E-state index in [1.165, 1.54) is 12.8 Å². The summed E-state index contributed by atoms with van der Waals surface area (Å²) < 4.78 is 4.95. The predicted octanol–water partition coefficient (Wildman–Crippen LogP) is 1.53. The summed E-state index contributed by atoms with van der Waals surface area (Å²) in [5, 5.41) is 17.1. The van der Waals surface area contributed by atoms with Gasteiger partial charge in [0.1, 0.15) is 6.29 Å². The van der Waals surface area contributed by atoms with Gasteiger partial charge in [0.2, 0.25) is 0 Å². The van der Waals surface area contributed by atoms with Crippen molar-refractivity contribution in [1.82, 2.24) is 0 Å². The van der Waals surface area contributed by atoms with Crippen LogP contribution in [-0.2, 0) is 9.53 Å². The zero-order chi connectivity index (χ0) is 12.8. The summed E-state index contributed by atoms with van der Waals surface area (Å²) >= 11 is 0. The molecule has 0 aliphatic rings. The number of ether oxygens (including phenoxy) is 1. The van der Waals surface area contributed by atoms with Crippen molar-refractivity contribution in [3.63, 3.8) is 0 Å². The van der Waals surface area contributed by atoms with Gasteiger partial charge in [0.25, 0.3) is 0 Å². The van der Waals surface area contributed by atoms with E-state index in [0.717, 1.165) is 19.1 Å². The third-order valence-electron chi connectivity index (χ3n) is 1.80. The number of hydrogen-bond donors (Lipinski definition) is 2. The third-order valence-corrected chi connectivity index (χ3v) is 1.80. The van der Waals surface area contributed by atoms with Crippen molar-refractivity contribution in [2.75, 3.05) is 13.2 Å². The Morgan fingerprint density at radius 1 is 1.31 bits per heavy atom. The smallest absolute Gasteiger partial charge is 0.119 e. The number of aliphatic hydroxyl groups is 2. The Morgan fingerprint density at radius 2 is 1.94 bits per heavy atom. The van der Waals surface area contributed by atoms with Gasteiger partial charge >= 0.3 is 0 Å². The van der Waals surface area contributed by atoms with Crippen molar-refractivity contribution >= 4 is 6.29 Å². The Hall–Kier alpha value is -0.450. The van der Waals surface area contributed by atoms with E-state index in [1.54, 1.807) is 13.8 Å². The topological polar surface area (TPSA) is 66.8 Å². The lowest BCUT2D eigenvalue weighted by Gasteiger charge is -2.10. The Labute approximate surface area is 98.6 Å². The minimum Gasteiger partial charge on any atom is -0.394 e. The van der Waals surface area contributed by atoms with Crippen LogP contribution in [0.4, 0.5) is 0 Å². The highest BCUT2D eigenvalue weighted by Crippen LogP contribution is 1.94. The molecule has 4 nitrogen and oxygen atoms in total. The van der Waals surface area contributed by atoms with E-state index in [0.29, 0.717) is 6.61 Å². The molecule has 2 atom stereocenters. The van der Waals surface area contributed by atoms with Crippen LogP contribution in [0.2, 0.25) is 0 Å². The van der Waals surface area contributed by atoms with E-state index in [2.05, 4.69) is 6.92 Å². The first kappa shape index (κ1) is 17.9. The highest BCUT2D eigenvalue weighted by atomic mass is 16.5. The van der Waals surface area contributed by atoms with Gasteiger partial charge in [0, 0.05) is 6.42 Å². The third kappa shape index (κ3) is 19.2. The SMILES string of the molecule is CC(O)COC(C)CO.CCCCCC=O. The number of hydrogen-bond acceptors (Lipinski definition) is 4. The van der Waals surface area contributed by atoms with Crippen molar-refractivity contribution in [2.24, 2.45) is 0 Å². The summed E-state index contributed by atoms with van der Waals surface area (Å²) in [5.41, 5.74) is 0. The summed E-state index contributed by atoms with van der Waals surface area (Å²) in [6.45, 7) is 5.83. The second-order valence-corrected chi connectivity index (χ2v) is 3.84. The van der Waals surface area contributed by atoms with Crippen LogP contribution in [0.3, 0.4) is 0 Å². The molecule has 0 aliphatic heterocycles. The van der Waals surface area contributed by atoms with E-state index < -0.39 is 6.10 Å². The molecule has 2 unspecified atom stereocenters. The first-order valence-corrected chi connectivity index (χ1v) is 5.92. The summed E-state index contributed by atoms with van der Waals surface area (Å²) in [6.07, 6.45) is 4.58. The molecule has 0 aromatic rings. The average molecular weight is 234 g/mol. The second-order valence-electron chi connectivity index (χ2n) is 3.84. The van der Waals surface area contributed by atoms with Crippen LogP contribution in [0.25, 0.3) is 0 Å². The van der Waals surface area contributed by atoms with Crippen LogP contribution >= 0.6 is 0 Å². The summed E-state index contributed by atoms with van der Waals surface area (Å²) in [6, 6.07) is 0. The summed E-state index contributed by atoms with van der Waals surface area (Å²) in [4.78, 5) is 9.68. The van der Waals surface area contributed by atoms with Crippen molar-refractivity contribution in [3.8, 4) is 0 Å². The zero-order valence-electron chi connectivity index (χ0n) is 10.7. The molecule has 0 amide bonds. The Kier molecular flexibility index (Phi) is 16.3. The van der Waals surface area contributed by atoms with Gasteiger partial charge in [-0.15, -0.1) is 0 Å². The molecular formula is C12H26O4. The largest absolute Gasteiger partial charge is 0.394 e. The van der Waals surface area contributed by atoms with E-state index in [9.17, 15) is 4.79 Å². The van der Waals surface area contributed by atoms with Gasteiger partial charge in [0.05, 0.1) is 25.4 Å². The number of aliphatic hydroxyl groups excluding tert-OH is 2. The molecule has 0 aliphatic carbocycles. The molecule has 0 saturated heterocycles. The van der Waals surface area contributed by atoms with Gasteiger partial charge in [0.15, 0.2) is 0 Å². The van der Waals surface area contributed by atoms with Crippen LogP contribution < -0.4 is 0 Å². The second kappa shape index (κ2) is 14.6. The lowest BCUT2D eigenvalue weighted by molar-refractivity contribution is -0.107. The van der Waals surface area contributed by atoms with Gasteiger partial charge in [-0.2, -0.15) is 0 Å². The van der Waals surface area contributed by atoms with Crippen LogP contribution in [0.15, 0.2) is 0 Å². The fourth-order valence-corrected chi connectivity index (χ4v) is 0.834. The molecule has 0 radical (unpaired) electrons. The highest BCUT2D eigenvalue weighted by molar-refractivity contribution is 5.48. The molecule has 0 aromatic heterocycles. The monoisotopic (exact) mass is 234 g/mol. The van der Waals surface area contributed by atoms with Crippen LogP contribution in [0.5, 0.6) is 0 Å². The molecule has 2 N–H and O–H groups in total. The normalized spacial score (nSPS) is 13.6. The molecule has 0 fully saturated rings. The molecule has 16 heavy (non-hydrogen) atoms. The molecule has 4 heteroatoms. The van der Waals surface area contributed by atoms with Crippen molar-refractivity contribution < 1.29 is 19.7 Å². The van der Waals surface area contributed by atoms with E-state index in [-0.39, 0.29) is 12.7 Å². The van der Waals surface area contributed by atoms with E-state index in [4.69, 9.17) is 14.9 Å². The maximum atomic E-state index is 9.68. The fraction of sp³-hybridized carbons (Fsp3) is 0.917. The van der Waals surface area contributed by atoms with Gasteiger partial charge in [-0.05, 0) is 20.3 Å². The summed E-state index contributed by atoms with van der Waals surface area (Å²) in [5.74, 6) is 0. The van der Waals surface area contributed by atoms with Gasteiger partial charge in [-0.3, -0.25) is 0 Å². The molecule has 0 heterocycles. The lowest BCUT2D eigenvalue weighted by Crippen LogP contribution is -2.19. The van der Waals surface area contributed by atoms with Crippen LogP contribution in [0, 0.1) is 0 Å². The lowest BCUT2D eigenvalue weighted by atomic mass is 10.2. The first-order chi connectivity index (χ1) is 7.58. The van der Waals surface area contributed by atoms with Crippen molar-refractivity contribution in [3.05, 3.63) is 0 Å². The number of unbranched alkanes of at least 4 members (excludes halogenated alkanes) is 3. The number of carbonyl (C=O) groups excluding carboxylic acids is 1. The first-order valence-electron chi connectivity index (χ1n) is 5.92. The molecule has 0 rings (SSSR count). The molecule has 0 spiro atoms. The van der Waals surface area contributed by atoms with Crippen molar-refractivity contribution in [1.29, 1.82) is 0 Å². The number of carbonyl (C=O) groups is 1. The standard InChI is InChI=1S/C6H14O3.C6H12O/c1-5(8)4-9-6(2)3-7;1-2-3-4-5-6-7/h5-8H,3-4H2,1-2H3;6H,2-5H2,1H3. The maximum absolute atomic E-state index is 9.68. The molecular weight excluding hydrogens is 208 g/mol. The van der Waals surface area contributed by atoms with E-state index in [1.807, 2.05) is 0 Å². The van der Waals surface area contributed by atoms with E-state index >= 15 is 0 Å². The summed E-state index contributed by atoms with van der Waals surface area (Å²) in [7, 11) is 0. The quantitative estimate of drug-likeness (QED) is 0.494. The van der Waals surface area contributed by atoms with Gasteiger partial charge in [-0.1, -0.05) is 19.8 Å². The number of aldehydes is 1. The molecule has 0 bridgehead atoms. The van der Waals surface area contributed by atoms with Crippen LogP contribution in [-0.4, -0.2) is 41.9 Å². The van der Waals surface area contributed by atoms with Crippen LogP contribution in [0.1, 0.15) is 46.5 Å². The minimum absolute atomic E-state index is 0.00667. The fourth-order valence-electron chi connectivity index (χ4n) is 0.834. The average Bonchev–Trinajstić information content (AvgIpc) is 2.27. The van der Waals surface area contributed by atoms with Gasteiger partial charge in [-0.25, -0.2) is 0 Å². The Bertz CT molecular complexity index is 137. The maximum Gasteiger partial charge on any atom is 0.119 e. The molecule has 98 valence electrons. The highest BCUT2D eigenvalue weighted by Gasteiger charge is 2.00. The van der Waals surface area contributed by atoms with Crippen molar-refractivity contribution in [2.45, 2.75) is 58.7 Å². The Morgan fingerprint density at radius 3 is 2.31 bits per heavy atom. The minimum atomic E-state index is -0.445. The van der Waals surface area contributed by atoms with Gasteiger partial charge < -0.3 is 19.7 Å². The predicted molar refractivity (Wildman–Crippen MR) is 64.4 cm³/mol. The Balaban J connectivity index is 0. The molecule has 0 aromatic carbocycles. The zero-order valence-corrected chi connectivity index (χ0v) is 10.7. The molecule has 0 saturated carbocycles.